The smallest absolute Gasteiger partial charge is 0.264 e. The van der Waals surface area contributed by atoms with Gasteiger partial charge in [0.25, 0.3) is 5.91 Å². The molecule has 1 aromatic carbocycles. The summed E-state index contributed by atoms with van der Waals surface area (Å²) in [5.41, 5.74) is 1.36. The van der Waals surface area contributed by atoms with Crippen LogP contribution in [0.3, 0.4) is 0 Å². The Balaban J connectivity index is 1.46. The molecule has 1 amide bonds. The molecule has 26 heavy (non-hydrogen) atoms. The van der Waals surface area contributed by atoms with Gasteiger partial charge in [-0.3, -0.25) is 9.69 Å². The minimum absolute atomic E-state index is 0.202. The number of carbonyl (C=O) groups is 1. The summed E-state index contributed by atoms with van der Waals surface area (Å²) in [6.45, 7) is 4.52. The predicted molar refractivity (Wildman–Crippen MR) is 104 cm³/mol. The zero-order valence-corrected chi connectivity index (χ0v) is 16.1. The molecule has 3 saturated heterocycles. The van der Waals surface area contributed by atoms with Gasteiger partial charge < -0.3 is 9.64 Å². The molecule has 5 heteroatoms. The van der Waals surface area contributed by atoms with E-state index in [2.05, 4.69) is 40.1 Å². The Labute approximate surface area is 159 Å². The van der Waals surface area contributed by atoms with Crippen molar-refractivity contribution in [2.45, 2.75) is 32.0 Å². The number of hydrogen-bond donors (Lipinski definition) is 0. The molecule has 3 aliphatic rings. The minimum atomic E-state index is 0.202. The van der Waals surface area contributed by atoms with Crippen molar-refractivity contribution in [2.75, 3.05) is 26.7 Å². The molecule has 2 atom stereocenters. The molecule has 2 unspecified atom stereocenters. The summed E-state index contributed by atoms with van der Waals surface area (Å²) in [4.78, 5) is 19.7. The quantitative estimate of drug-likeness (QED) is 0.806. The van der Waals surface area contributed by atoms with Gasteiger partial charge in [0.2, 0.25) is 0 Å². The van der Waals surface area contributed by atoms with Gasteiger partial charge in [-0.1, -0.05) is 30.3 Å². The second-order valence-electron chi connectivity index (χ2n) is 7.43. The van der Waals surface area contributed by atoms with Crippen molar-refractivity contribution >= 4 is 17.2 Å². The number of benzene rings is 1. The van der Waals surface area contributed by atoms with Crippen molar-refractivity contribution in [1.82, 2.24) is 9.80 Å². The van der Waals surface area contributed by atoms with Crippen LogP contribution in [-0.4, -0.2) is 48.5 Å². The molecule has 3 aliphatic heterocycles. The van der Waals surface area contributed by atoms with Crippen LogP contribution >= 0.6 is 11.3 Å². The van der Waals surface area contributed by atoms with Crippen LogP contribution in [0.1, 0.15) is 33.0 Å². The summed E-state index contributed by atoms with van der Waals surface area (Å²) >= 11 is 1.57. The molecular formula is C21H26N2O2S. The lowest BCUT2D eigenvalue weighted by atomic mass is 9.95. The van der Waals surface area contributed by atoms with Crippen molar-refractivity contribution < 1.29 is 9.53 Å². The van der Waals surface area contributed by atoms with E-state index in [0.29, 0.717) is 18.6 Å². The SMILES string of the molecule is COCc1ccc(C(=O)N2CC3CCC2CN(Cc2ccccc2)C3)s1. The van der Waals surface area contributed by atoms with E-state index in [-0.39, 0.29) is 5.91 Å². The van der Waals surface area contributed by atoms with Crippen LogP contribution in [0.4, 0.5) is 0 Å². The molecule has 3 fully saturated rings. The molecule has 0 N–H and O–H groups in total. The number of methoxy groups -OCH3 is 1. The number of ether oxygens (including phenoxy) is 1. The summed E-state index contributed by atoms with van der Waals surface area (Å²) in [6.07, 6.45) is 2.36. The van der Waals surface area contributed by atoms with Gasteiger partial charge in [-0.05, 0) is 36.5 Å². The van der Waals surface area contributed by atoms with Crippen molar-refractivity contribution in [3.05, 3.63) is 57.8 Å². The molecule has 2 aromatic rings. The molecule has 0 spiro atoms. The Kier molecular flexibility index (Phi) is 5.38. The standard InChI is InChI=1S/C21H26N2O2S/c1-25-15-19-9-10-20(26-19)21(24)23-13-17-7-8-18(23)14-22(12-17)11-16-5-3-2-4-6-16/h2-6,9-10,17-18H,7-8,11-15H2,1H3. The number of amides is 1. The van der Waals surface area contributed by atoms with Crippen LogP contribution < -0.4 is 0 Å². The van der Waals surface area contributed by atoms with Crippen LogP contribution in [0.25, 0.3) is 0 Å². The van der Waals surface area contributed by atoms with Gasteiger partial charge in [0.15, 0.2) is 0 Å². The van der Waals surface area contributed by atoms with Gasteiger partial charge in [0.05, 0.1) is 11.5 Å². The number of hydrogen-bond acceptors (Lipinski definition) is 4. The molecule has 4 nitrogen and oxygen atoms in total. The number of piperidine rings is 1. The van der Waals surface area contributed by atoms with E-state index >= 15 is 0 Å². The monoisotopic (exact) mass is 370 g/mol. The second kappa shape index (κ2) is 7.91. The highest BCUT2D eigenvalue weighted by molar-refractivity contribution is 7.14. The Morgan fingerprint density at radius 1 is 1.12 bits per heavy atom. The molecule has 138 valence electrons. The number of carbonyl (C=O) groups excluding carboxylic acids is 1. The highest BCUT2D eigenvalue weighted by atomic mass is 32.1. The third kappa shape index (κ3) is 3.85. The fraction of sp³-hybridized carbons (Fsp3) is 0.476. The van der Waals surface area contributed by atoms with Crippen molar-refractivity contribution in [3.8, 4) is 0 Å². The molecule has 4 heterocycles. The lowest BCUT2D eigenvalue weighted by Crippen LogP contribution is -2.47. The van der Waals surface area contributed by atoms with E-state index in [1.54, 1.807) is 18.4 Å². The maximum Gasteiger partial charge on any atom is 0.264 e. The molecule has 0 saturated carbocycles. The largest absolute Gasteiger partial charge is 0.379 e. The van der Waals surface area contributed by atoms with Crippen molar-refractivity contribution in [3.63, 3.8) is 0 Å². The molecule has 0 radical (unpaired) electrons. The third-order valence-corrected chi connectivity index (χ3v) is 6.50. The average Bonchev–Trinajstić information content (AvgIpc) is 2.95. The zero-order chi connectivity index (χ0) is 17.9. The van der Waals surface area contributed by atoms with Gasteiger partial charge in [-0.25, -0.2) is 0 Å². The molecule has 0 aliphatic carbocycles. The average molecular weight is 371 g/mol. The number of nitrogens with zero attached hydrogens (tertiary/aromatic N) is 2. The minimum Gasteiger partial charge on any atom is -0.379 e. The van der Waals surface area contributed by atoms with E-state index < -0.39 is 0 Å². The van der Waals surface area contributed by atoms with Crippen molar-refractivity contribution in [1.29, 1.82) is 0 Å². The third-order valence-electron chi connectivity index (χ3n) is 5.46. The maximum absolute atomic E-state index is 13.1. The van der Waals surface area contributed by atoms with Crippen LogP contribution in [-0.2, 0) is 17.9 Å². The summed E-state index contributed by atoms with van der Waals surface area (Å²) in [5, 5.41) is 0. The summed E-state index contributed by atoms with van der Waals surface area (Å²) < 4.78 is 5.19. The van der Waals surface area contributed by atoms with Crippen LogP contribution in [0.2, 0.25) is 0 Å². The molecule has 2 bridgehead atoms. The van der Waals surface area contributed by atoms with E-state index in [9.17, 15) is 4.79 Å². The Morgan fingerprint density at radius 3 is 2.77 bits per heavy atom. The van der Waals surface area contributed by atoms with Gasteiger partial charge >= 0.3 is 0 Å². The van der Waals surface area contributed by atoms with E-state index in [1.165, 1.54) is 12.0 Å². The second-order valence-corrected chi connectivity index (χ2v) is 8.60. The van der Waals surface area contributed by atoms with Crippen LogP contribution in [0.5, 0.6) is 0 Å². The Bertz CT molecular complexity index is 745. The number of thiophene rings is 1. The maximum atomic E-state index is 13.1. The normalized spacial score (nSPS) is 23.2. The van der Waals surface area contributed by atoms with Gasteiger partial charge in [-0.15, -0.1) is 11.3 Å². The van der Waals surface area contributed by atoms with Gasteiger partial charge in [0.1, 0.15) is 0 Å². The van der Waals surface area contributed by atoms with E-state index in [1.807, 2.05) is 12.1 Å². The number of rotatable bonds is 5. The first-order valence-corrected chi connectivity index (χ1v) is 10.2. The van der Waals surface area contributed by atoms with E-state index in [0.717, 1.165) is 42.4 Å². The van der Waals surface area contributed by atoms with Crippen LogP contribution in [0, 0.1) is 5.92 Å². The highest BCUT2D eigenvalue weighted by Crippen LogP contribution is 2.31. The lowest BCUT2D eigenvalue weighted by Gasteiger charge is -2.36. The first kappa shape index (κ1) is 17.7. The first-order chi connectivity index (χ1) is 12.7. The summed E-state index contributed by atoms with van der Waals surface area (Å²) in [7, 11) is 1.69. The van der Waals surface area contributed by atoms with E-state index in [4.69, 9.17) is 4.74 Å². The first-order valence-electron chi connectivity index (χ1n) is 9.38. The molecular weight excluding hydrogens is 344 g/mol. The fourth-order valence-electron chi connectivity index (χ4n) is 4.25. The zero-order valence-electron chi connectivity index (χ0n) is 15.3. The Hall–Kier alpha value is -1.69. The topological polar surface area (TPSA) is 32.8 Å². The Morgan fingerprint density at radius 2 is 1.96 bits per heavy atom. The number of fused-ring (bicyclic) bond motifs is 4. The fourth-order valence-corrected chi connectivity index (χ4v) is 5.19. The van der Waals surface area contributed by atoms with Crippen molar-refractivity contribution in [2.24, 2.45) is 5.92 Å². The van der Waals surface area contributed by atoms with Gasteiger partial charge in [0, 0.05) is 44.2 Å². The predicted octanol–water partition coefficient (Wildman–Crippen LogP) is 3.63. The molecule has 5 rings (SSSR count). The van der Waals surface area contributed by atoms with Gasteiger partial charge in [-0.2, -0.15) is 0 Å². The summed E-state index contributed by atoms with van der Waals surface area (Å²) in [5.74, 6) is 0.786. The highest BCUT2D eigenvalue weighted by Gasteiger charge is 2.37. The summed E-state index contributed by atoms with van der Waals surface area (Å²) in [6, 6.07) is 15.0. The lowest BCUT2D eigenvalue weighted by molar-refractivity contribution is 0.0590. The molecule has 1 aromatic heterocycles. The van der Waals surface area contributed by atoms with Crippen LogP contribution in [0.15, 0.2) is 42.5 Å².